The second-order valence-corrected chi connectivity index (χ2v) is 7.43. The number of carbonyl (C=O) groups is 3. The van der Waals surface area contributed by atoms with Gasteiger partial charge in [-0.25, -0.2) is 13.6 Å². The number of benzene rings is 1. The third-order valence-electron chi connectivity index (χ3n) is 5.31. The van der Waals surface area contributed by atoms with E-state index >= 15 is 0 Å². The van der Waals surface area contributed by atoms with Crippen molar-refractivity contribution in [2.45, 2.75) is 19.4 Å². The van der Waals surface area contributed by atoms with Crippen LogP contribution in [0.2, 0.25) is 0 Å². The first-order chi connectivity index (χ1) is 14.8. The Morgan fingerprint density at radius 1 is 1.16 bits per heavy atom. The van der Waals surface area contributed by atoms with E-state index in [1.54, 1.807) is 23.8 Å². The lowest BCUT2D eigenvalue weighted by Gasteiger charge is -2.36. The Morgan fingerprint density at radius 2 is 1.81 bits per heavy atom. The molecule has 170 valence electrons. The number of nitrogens with one attached hydrogen (secondary N) is 2. The van der Waals surface area contributed by atoms with E-state index in [2.05, 4.69) is 10.6 Å². The summed E-state index contributed by atoms with van der Waals surface area (Å²) < 4.78 is 34.9. The fourth-order valence-electron chi connectivity index (χ4n) is 3.64. The summed E-state index contributed by atoms with van der Waals surface area (Å²) in [6, 6.07) is 2.20. The number of ether oxygens (including phenoxy) is 1. The van der Waals surface area contributed by atoms with Crippen molar-refractivity contribution in [2.75, 3.05) is 62.7 Å². The molecule has 9 nitrogen and oxygen atoms in total. The fourth-order valence-corrected chi connectivity index (χ4v) is 3.64. The molecule has 3 rings (SSSR count). The summed E-state index contributed by atoms with van der Waals surface area (Å²) in [5, 5.41) is 5.43. The summed E-state index contributed by atoms with van der Waals surface area (Å²) in [5.74, 6) is -1.82. The van der Waals surface area contributed by atoms with Crippen molar-refractivity contribution in [2.24, 2.45) is 0 Å². The second-order valence-electron chi connectivity index (χ2n) is 7.43. The summed E-state index contributed by atoms with van der Waals surface area (Å²) in [7, 11) is 1.68. The Hall–Kier alpha value is -2.95. The molecule has 2 heterocycles. The largest absolute Gasteiger partial charge is 0.442 e. The summed E-state index contributed by atoms with van der Waals surface area (Å²) in [6.07, 6.45) is -1.02. The van der Waals surface area contributed by atoms with Crippen molar-refractivity contribution in [3.05, 3.63) is 23.8 Å². The van der Waals surface area contributed by atoms with Crippen molar-refractivity contribution in [1.29, 1.82) is 0 Å². The Kier molecular flexibility index (Phi) is 7.26. The molecule has 0 spiro atoms. The molecule has 0 aliphatic carbocycles. The first-order valence-electron chi connectivity index (χ1n) is 10.2. The molecule has 1 aromatic rings. The first-order valence-corrected chi connectivity index (χ1v) is 10.2. The molecule has 1 unspecified atom stereocenters. The highest BCUT2D eigenvalue weighted by molar-refractivity contribution is 5.90. The SMILES string of the molecule is CCC(=O)NCC1CN(c2cc(F)c(N3CCN(C(=O)CNC)CC3)c(F)c2)C(=O)O1. The molecule has 0 radical (unpaired) electrons. The van der Waals surface area contributed by atoms with Gasteiger partial charge in [0, 0.05) is 44.7 Å². The van der Waals surface area contributed by atoms with Crippen molar-refractivity contribution >= 4 is 29.3 Å². The monoisotopic (exact) mass is 439 g/mol. The van der Waals surface area contributed by atoms with Gasteiger partial charge in [-0.3, -0.25) is 14.5 Å². The molecule has 0 saturated carbocycles. The lowest BCUT2D eigenvalue weighted by molar-refractivity contribution is -0.130. The maximum absolute atomic E-state index is 14.8. The number of anilines is 2. The predicted octanol–water partition coefficient (Wildman–Crippen LogP) is 0.684. The van der Waals surface area contributed by atoms with Gasteiger partial charge in [-0.2, -0.15) is 0 Å². The van der Waals surface area contributed by atoms with Crippen LogP contribution in [0.25, 0.3) is 0 Å². The van der Waals surface area contributed by atoms with Crippen LogP contribution in [0.1, 0.15) is 13.3 Å². The number of halogens is 2. The second kappa shape index (κ2) is 9.90. The van der Waals surface area contributed by atoms with E-state index in [0.717, 1.165) is 17.0 Å². The molecule has 3 amide bonds. The molecule has 2 saturated heterocycles. The van der Waals surface area contributed by atoms with Crippen LogP contribution < -0.4 is 20.4 Å². The zero-order valence-electron chi connectivity index (χ0n) is 17.6. The number of carbonyl (C=O) groups excluding carboxylic acids is 3. The summed E-state index contributed by atoms with van der Waals surface area (Å²) in [5.41, 5.74) is -0.125. The number of cyclic esters (lactones) is 1. The molecule has 31 heavy (non-hydrogen) atoms. The number of hydrogen-bond acceptors (Lipinski definition) is 6. The number of amides is 3. The molecule has 11 heteroatoms. The topological polar surface area (TPSA) is 94.2 Å². The van der Waals surface area contributed by atoms with Crippen molar-refractivity contribution in [3.63, 3.8) is 0 Å². The molecular formula is C20H27F2N5O4. The maximum Gasteiger partial charge on any atom is 0.414 e. The number of likely N-dealkylation sites (N-methyl/N-ethyl adjacent to an activating group) is 1. The number of rotatable bonds is 7. The lowest BCUT2D eigenvalue weighted by atomic mass is 10.2. The van der Waals surface area contributed by atoms with E-state index in [4.69, 9.17) is 4.74 Å². The number of piperazine rings is 1. The molecule has 1 aromatic carbocycles. The highest BCUT2D eigenvalue weighted by atomic mass is 19.1. The Bertz CT molecular complexity index is 822. The molecule has 2 aliphatic heterocycles. The maximum atomic E-state index is 14.8. The van der Waals surface area contributed by atoms with Crippen LogP contribution in [0.15, 0.2) is 12.1 Å². The van der Waals surface area contributed by atoms with Gasteiger partial charge >= 0.3 is 6.09 Å². The molecule has 1 atom stereocenters. The molecule has 0 bridgehead atoms. The van der Waals surface area contributed by atoms with E-state index in [1.165, 1.54) is 0 Å². The van der Waals surface area contributed by atoms with Gasteiger partial charge in [0.2, 0.25) is 11.8 Å². The van der Waals surface area contributed by atoms with E-state index in [0.29, 0.717) is 32.6 Å². The molecule has 2 N–H and O–H groups in total. The Morgan fingerprint density at radius 3 is 2.39 bits per heavy atom. The van der Waals surface area contributed by atoms with Gasteiger partial charge in [0.15, 0.2) is 11.6 Å². The van der Waals surface area contributed by atoms with Crippen LogP contribution in [-0.4, -0.2) is 81.8 Å². The van der Waals surface area contributed by atoms with Crippen LogP contribution in [-0.2, 0) is 14.3 Å². The minimum atomic E-state index is -0.791. The van der Waals surface area contributed by atoms with Gasteiger partial charge in [0.05, 0.1) is 25.3 Å². The molecular weight excluding hydrogens is 412 g/mol. The molecule has 2 aliphatic rings. The summed E-state index contributed by atoms with van der Waals surface area (Å²) >= 11 is 0. The summed E-state index contributed by atoms with van der Waals surface area (Å²) in [6.45, 7) is 3.46. The van der Waals surface area contributed by atoms with E-state index in [9.17, 15) is 23.2 Å². The van der Waals surface area contributed by atoms with Crippen molar-refractivity contribution in [1.82, 2.24) is 15.5 Å². The van der Waals surface area contributed by atoms with Gasteiger partial charge in [-0.15, -0.1) is 0 Å². The Balaban J connectivity index is 1.66. The van der Waals surface area contributed by atoms with Crippen LogP contribution in [0.4, 0.5) is 25.0 Å². The molecule has 2 fully saturated rings. The third-order valence-corrected chi connectivity index (χ3v) is 5.31. The Labute approximate surface area is 179 Å². The van der Waals surface area contributed by atoms with Crippen molar-refractivity contribution in [3.8, 4) is 0 Å². The van der Waals surface area contributed by atoms with Crippen molar-refractivity contribution < 1.29 is 27.9 Å². The average Bonchev–Trinajstić information content (AvgIpc) is 3.12. The van der Waals surface area contributed by atoms with Gasteiger partial charge in [-0.05, 0) is 7.05 Å². The van der Waals surface area contributed by atoms with Crippen LogP contribution in [0.3, 0.4) is 0 Å². The van der Waals surface area contributed by atoms with Gasteiger partial charge in [-0.1, -0.05) is 6.92 Å². The number of hydrogen-bond donors (Lipinski definition) is 2. The zero-order chi connectivity index (χ0) is 22.5. The minimum Gasteiger partial charge on any atom is -0.442 e. The minimum absolute atomic E-state index is 0.0518. The van der Waals surface area contributed by atoms with Crippen LogP contribution in [0.5, 0.6) is 0 Å². The first kappa shape index (κ1) is 22.7. The van der Waals surface area contributed by atoms with Crippen LogP contribution >= 0.6 is 0 Å². The van der Waals surface area contributed by atoms with E-state index in [-0.39, 0.29) is 42.8 Å². The van der Waals surface area contributed by atoms with Gasteiger partial charge in [0.25, 0.3) is 0 Å². The highest BCUT2D eigenvalue weighted by Crippen LogP contribution is 2.31. The fraction of sp³-hybridized carbons (Fsp3) is 0.550. The van der Waals surface area contributed by atoms with E-state index in [1.807, 2.05) is 0 Å². The smallest absolute Gasteiger partial charge is 0.414 e. The quantitative estimate of drug-likeness (QED) is 0.649. The highest BCUT2D eigenvalue weighted by Gasteiger charge is 2.34. The lowest BCUT2D eigenvalue weighted by Crippen LogP contribution is -2.51. The van der Waals surface area contributed by atoms with Gasteiger partial charge < -0.3 is 25.2 Å². The van der Waals surface area contributed by atoms with E-state index < -0.39 is 23.8 Å². The average molecular weight is 439 g/mol. The third kappa shape index (κ3) is 5.22. The normalized spacial score (nSPS) is 18.9. The zero-order valence-corrected chi connectivity index (χ0v) is 17.6. The predicted molar refractivity (Wildman–Crippen MR) is 110 cm³/mol. The molecule has 0 aromatic heterocycles. The van der Waals surface area contributed by atoms with Crippen LogP contribution in [0, 0.1) is 11.6 Å². The summed E-state index contributed by atoms with van der Waals surface area (Å²) in [4.78, 5) is 39.8. The van der Waals surface area contributed by atoms with Gasteiger partial charge in [0.1, 0.15) is 11.8 Å². The standard InChI is InChI=1S/C20H27F2N5O4/c1-3-17(28)24-10-14-12-27(20(30)31-14)13-8-15(21)19(16(22)9-13)26-6-4-25(5-7-26)18(29)11-23-2/h8-9,14,23H,3-7,10-12H2,1-2H3,(H,24,28). The number of nitrogens with zero attached hydrogens (tertiary/aromatic N) is 3.